The van der Waals surface area contributed by atoms with Crippen LogP contribution in [0.4, 0.5) is 11.4 Å². The standard InChI is InChI=1S/C14H23N3/c1-14(2)5-4-7-17(8-6-14)13-9-12(15-3)10-16-11-13/h9-11,15H,4-8H2,1-3H3. The Morgan fingerprint density at radius 3 is 2.82 bits per heavy atom. The average molecular weight is 233 g/mol. The summed E-state index contributed by atoms with van der Waals surface area (Å²) in [5.74, 6) is 0. The van der Waals surface area contributed by atoms with Crippen molar-refractivity contribution in [2.45, 2.75) is 33.1 Å². The van der Waals surface area contributed by atoms with Crippen LogP contribution in [0.2, 0.25) is 0 Å². The van der Waals surface area contributed by atoms with Gasteiger partial charge in [-0.25, -0.2) is 0 Å². The fourth-order valence-corrected chi connectivity index (χ4v) is 2.42. The Kier molecular flexibility index (Phi) is 3.55. The third kappa shape index (κ3) is 3.11. The summed E-state index contributed by atoms with van der Waals surface area (Å²) in [4.78, 5) is 6.75. The number of hydrogen-bond acceptors (Lipinski definition) is 3. The highest BCUT2D eigenvalue weighted by atomic mass is 15.1. The number of rotatable bonds is 2. The molecule has 2 heterocycles. The van der Waals surface area contributed by atoms with Gasteiger partial charge in [-0.15, -0.1) is 0 Å². The molecule has 0 atom stereocenters. The number of hydrogen-bond donors (Lipinski definition) is 1. The molecule has 17 heavy (non-hydrogen) atoms. The topological polar surface area (TPSA) is 28.2 Å². The van der Waals surface area contributed by atoms with E-state index in [0.717, 1.165) is 18.8 Å². The lowest BCUT2D eigenvalue weighted by molar-refractivity contribution is 0.325. The van der Waals surface area contributed by atoms with Crippen molar-refractivity contribution in [1.82, 2.24) is 4.98 Å². The molecule has 1 aromatic heterocycles. The summed E-state index contributed by atoms with van der Waals surface area (Å²) < 4.78 is 0. The van der Waals surface area contributed by atoms with Crippen molar-refractivity contribution in [2.75, 3.05) is 30.4 Å². The van der Waals surface area contributed by atoms with E-state index in [9.17, 15) is 0 Å². The third-order valence-electron chi connectivity index (χ3n) is 3.72. The summed E-state index contributed by atoms with van der Waals surface area (Å²) >= 11 is 0. The Hall–Kier alpha value is -1.25. The van der Waals surface area contributed by atoms with Crippen LogP contribution < -0.4 is 10.2 Å². The van der Waals surface area contributed by atoms with Crippen LogP contribution in [-0.4, -0.2) is 25.1 Å². The molecule has 0 spiro atoms. The van der Waals surface area contributed by atoms with E-state index in [-0.39, 0.29) is 0 Å². The first-order chi connectivity index (χ1) is 8.11. The van der Waals surface area contributed by atoms with Crippen LogP contribution in [0, 0.1) is 5.41 Å². The van der Waals surface area contributed by atoms with Crippen LogP contribution in [0.1, 0.15) is 33.1 Å². The van der Waals surface area contributed by atoms with Gasteiger partial charge in [-0.05, 0) is 30.7 Å². The van der Waals surface area contributed by atoms with Gasteiger partial charge in [0.2, 0.25) is 0 Å². The molecule has 1 fully saturated rings. The molecule has 1 aromatic rings. The van der Waals surface area contributed by atoms with Crippen LogP contribution >= 0.6 is 0 Å². The predicted molar refractivity (Wildman–Crippen MR) is 73.6 cm³/mol. The molecule has 2 rings (SSSR count). The van der Waals surface area contributed by atoms with Gasteiger partial charge < -0.3 is 10.2 Å². The van der Waals surface area contributed by atoms with Gasteiger partial charge in [0.1, 0.15) is 0 Å². The summed E-state index contributed by atoms with van der Waals surface area (Å²) in [6, 6.07) is 2.19. The molecule has 0 saturated carbocycles. The average Bonchev–Trinajstić information content (AvgIpc) is 2.50. The molecular formula is C14H23N3. The highest BCUT2D eigenvalue weighted by Crippen LogP contribution is 2.31. The highest BCUT2D eigenvalue weighted by molar-refractivity contribution is 5.55. The molecule has 0 aliphatic carbocycles. The first-order valence-corrected chi connectivity index (χ1v) is 6.48. The zero-order valence-corrected chi connectivity index (χ0v) is 11.2. The van der Waals surface area contributed by atoms with Crippen LogP contribution in [0.15, 0.2) is 18.5 Å². The first-order valence-electron chi connectivity index (χ1n) is 6.48. The summed E-state index contributed by atoms with van der Waals surface area (Å²) in [6.07, 6.45) is 7.70. The molecule has 0 unspecified atom stereocenters. The highest BCUT2D eigenvalue weighted by Gasteiger charge is 2.23. The Morgan fingerprint density at radius 2 is 2.06 bits per heavy atom. The molecule has 0 radical (unpaired) electrons. The molecule has 1 saturated heterocycles. The van der Waals surface area contributed by atoms with E-state index in [1.165, 1.54) is 24.9 Å². The third-order valence-corrected chi connectivity index (χ3v) is 3.72. The fourth-order valence-electron chi connectivity index (χ4n) is 2.42. The van der Waals surface area contributed by atoms with Crippen LogP contribution in [0.25, 0.3) is 0 Å². The Balaban J connectivity index is 2.11. The lowest BCUT2D eigenvalue weighted by Gasteiger charge is -2.24. The van der Waals surface area contributed by atoms with E-state index < -0.39 is 0 Å². The second-order valence-electron chi connectivity index (χ2n) is 5.69. The Bertz CT molecular complexity index is 373. The maximum Gasteiger partial charge on any atom is 0.0573 e. The lowest BCUT2D eigenvalue weighted by Crippen LogP contribution is -2.25. The predicted octanol–water partition coefficient (Wildman–Crippen LogP) is 3.14. The van der Waals surface area contributed by atoms with Gasteiger partial charge in [-0.3, -0.25) is 4.98 Å². The zero-order chi connectivity index (χ0) is 12.3. The van der Waals surface area contributed by atoms with Gasteiger partial charge in [-0.1, -0.05) is 13.8 Å². The minimum absolute atomic E-state index is 0.489. The van der Waals surface area contributed by atoms with Crippen molar-refractivity contribution in [3.05, 3.63) is 18.5 Å². The Labute approximate surface area is 104 Å². The van der Waals surface area contributed by atoms with Crippen molar-refractivity contribution < 1.29 is 0 Å². The number of pyridine rings is 1. The molecule has 94 valence electrons. The van der Waals surface area contributed by atoms with E-state index in [1.54, 1.807) is 0 Å². The van der Waals surface area contributed by atoms with Crippen molar-refractivity contribution in [1.29, 1.82) is 0 Å². The molecule has 0 aromatic carbocycles. The van der Waals surface area contributed by atoms with Crippen molar-refractivity contribution in [2.24, 2.45) is 5.41 Å². The molecule has 1 N–H and O–H groups in total. The molecular weight excluding hydrogens is 210 g/mol. The van der Waals surface area contributed by atoms with Gasteiger partial charge in [-0.2, -0.15) is 0 Å². The zero-order valence-electron chi connectivity index (χ0n) is 11.2. The molecule has 1 aliphatic heterocycles. The SMILES string of the molecule is CNc1cncc(N2CCCC(C)(C)CC2)c1. The fraction of sp³-hybridized carbons (Fsp3) is 0.643. The second kappa shape index (κ2) is 4.94. The van der Waals surface area contributed by atoms with E-state index in [4.69, 9.17) is 0 Å². The molecule has 0 amide bonds. The van der Waals surface area contributed by atoms with Crippen molar-refractivity contribution >= 4 is 11.4 Å². The number of aromatic nitrogens is 1. The molecule has 3 nitrogen and oxygen atoms in total. The Morgan fingerprint density at radius 1 is 1.24 bits per heavy atom. The quantitative estimate of drug-likeness (QED) is 0.850. The van der Waals surface area contributed by atoms with Crippen molar-refractivity contribution in [3.63, 3.8) is 0 Å². The normalized spacial score (nSPS) is 19.8. The minimum atomic E-state index is 0.489. The van der Waals surface area contributed by atoms with Gasteiger partial charge in [0, 0.05) is 20.1 Å². The van der Waals surface area contributed by atoms with Crippen LogP contribution in [0.3, 0.4) is 0 Å². The second-order valence-corrected chi connectivity index (χ2v) is 5.69. The van der Waals surface area contributed by atoms with Gasteiger partial charge in [0.15, 0.2) is 0 Å². The number of nitrogens with zero attached hydrogens (tertiary/aromatic N) is 2. The van der Waals surface area contributed by atoms with E-state index in [1.807, 2.05) is 19.4 Å². The van der Waals surface area contributed by atoms with Gasteiger partial charge >= 0.3 is 0 Å². The monoisotopic (exact) mass is 233 g/mol. The smallest absolute Gasteiger partial charge is 0.0573 e. The maximum atomic E-state index is 4.29. The maximum absolute atomic E-state index is 4.29. The summed E-state index contributed by atoms with van der Waals surface area (Å²) in [5.41, 5.74) is 2.82. The van der Waals surface area contributed by atoms with E-state index in [0.29, 0.717) is 5.41 Å². The summed E-state index contributed by atoms with van der Waals surface area (Å²) in [7, 11) is 1.94. The number of anilines is 2. The molecule has 1 aliphatic rings. The number of nitrogens with one attached hydrogen (secondary N) is 1. The lowest BCUT2D eigenvalue weighted by atomic mass is 9.85. The molecule has 3 heteroatoms. The summed E-state index contributed by atoms with van der Waals surface area (Å²) in [5, 5.41) is 3.15. The van der Waals surface area contributed by atoms with Gasteiger partial charge in [0.05, 0.1) is 23.8 Å². The minimum Gasteiger partial charge on any atom is -0.387 e. The first kappa shape index (κ1) is 12.2. The summed E-state index contributed by atoms with van der Waals surface area (Å²) in [6.45, 7) is 7.04. The molecule has 0 bridgehead atoms. The van der Waals surface area contributed by atoms with E-state index >= 15 is 0 Å². The van der Waals surface area contributed by atoms with Crippen LogP contribution in [-0.2, 0) is 0 Å². The van der Waals surface area contributed by atoms with Gasteiger partial charge in [0.25, 0.3) is 0 Å². The van der Waals surface area contributed by atoms with E-state index in [2.05, 4.69) is 35.1 Å². The van der Waals surface area contributed by atoms with Crippen LogP contribution in [0.5, 0.6) is 0 Å². The largest absolute Gasteiger partial charge is 0.387 e. The van der Waals surface area contributed by atoms with Crippen molar-refractivity contribution in [3.8, 4) is 0 Å².